The molecule has 0 bridgehead atoms. The number of nitrogens with one attached hydrogen (secondary N) is 1. The van der Waals surface area contributed by atoms with Crippen molar-refractivity contribution in [1.29, 1.82) is 0 Å². The second-order valence-electron chi connectivity index (χ2n) is 4.38. The topological polar surface area (TPSA) is 47.0 Å². The summed E-state index contributed by atoms with van der Waals surface area (Å²) in [5.41, 5.74) is -0.196. The van der Waals surface area contributed by atoms with Gasteiger partial charge in [-0.05, 0) is 26.7 Å². The van der Waals surface area contributed by atoms with Gasteiger partial charge in [0.2, 0.25) is 5.88 Å². The first-order valence-corrected chi connectivity index (χ1v) is 5.82. The molecule has 0 amide bonds. The summed E-state index contributed by atoms with van der Waals surface area (Å²) in [5, 5.41) is 3.18. The summed E-state index contributed by atoms with van der Waals surface area (Å²) in [5.74, 6) is 1.35. The van der Waals surface area contributed by atoms with Crippen molar-refractivity contribution >= 4 is 5.82 Å². The summed E-state index contributed by atoms with van der Waals surface area (Å²) in [7, 11) is 0. The molecule has 1 N–H and O–H groups in total. The molecule has 1 aromatic rings. The summed E-state index contributed by atoms with van der Waals surface area (Å²) in [6.07, 6.45) is 5.35. The van der Waals surface area contributed by atoms with Gasteiger partial charge in [-0.2, -0.15) is 4.98 Å². The van der Waals surface area contributed by atoms with Crippen molar-refractivity contribution in [2.45, 2.75) is 46.1 Å². The van der Waals surface area contributed by atoms with Crippen molar-refractivity contribution in [3.8, 4) is 5.88 Å². The van der Waals surface area contributed by atoms with E-state index >= 15 is 0 Å². The van der Waals surface area contributed by atoms with Crippen LogP contribution >= 0.6 is 0 Å². The molecule has 0 radical (unpaired) electrons. The zero-order chi connectivity index (χ0) is 12.0. The molecule has 0 atom stereocenters. The molecular formula is C12H21N3O. The minimum Gasteiger partial charge on any atom is -0.471 e. The largest absolute Gasteiger partial charge is 0.471 e. The van der Waals surface area contributed by atoms with E-state index in [1.54, 1.807) is 12.4 Å². The predicted octanol–water partition coefficient (Wildman–Crippen LogP) is 2.87. The zero-order valence-electron chi connectivity index (χ0n) is 10.6. The third kappa shape index (κ3) is 4.04. The van der Waals surface area contributed by atoms with Crippen molar-refractivity contribution in [1.82, 2.24) is 9.97 Å². The fourth-order valence-corrected chi connectivity index (χ4v) is 1.09. The fraction of sp³-hybridized carbons (Fsp3) is 0.667. The Balaban J connectivity index is 2.67. The molecule has 0 spiro atoms. The maximum atomic E-state index is 5.76. The molecule has 0 aliphatic rings. The Labute approximate surface area is 97.5 Å². The number of hydrogen-bond donors (Lipinski definition) is 1. The van der Waals surface area contributed by atoms with E-state index in [9.17, 15) is 0 Å². The zero-order valence-corrected chi connectivity index (χ0v) is 10.6. The highest BCUT2D eigenvalue weighted by molar-refractivity contribution is 5.33. The van der Waals surface area contributed by atoms with Crippen LogP contribution in [0.25, 0.3) is 0 Å². The van der Waals surface area contributed by atoms with E-state index in [4.69, 9.17) is 4.74 Å². The smallest absolute Gasteiger partial charge is 0.234 e. The van der Waals surface area contributed by atoms with Crippen LogP contribution in [0.5, 0.6) is 5.88 Å². The average Bonchev–Trinajstić information content (AvgIpc) is 2.26. The van der Waals surface area contributed by atoms with E-state index < -0.39 is 0 Å². The molecule has 0 aromatic carbocycles. The number of nitrogens with zero attached hydrogens (tertiary/aromatic N) is 2. The van der Waals surface area contributed by atoms with E-state index in [-0.39, 0.29) is 5.60 Å². The minimum absolute atomic E-state index is 0.196. The van der Waals surface area contributed by atoms with Gasteiger partial charge in [-0.25, -0.2) is 0 Å². The first kappa shape index (κ1) is 12.7. The summed E-state index contributed by atoms with van der Waals surface area (Å²) >= 11 is 0. The Hall–Kier alpha value is -1.32. The Bertz CT molecular complexity index is 326. The lowest BCUT2D eigenvalue weighted by Crippen LogP contribution is -2.27. The molecule has 1 rings (SSSR count). The lowest BCUT2D eigenvalue weighted by Gasteiger charge is -2.23. The van der Waals surface area contributed by atoms with Crippen LogP contribution in [0.4, 0.5) is 5.82 Å². The Morgan fingerprint density at radius 2 is 2.06 bits per heavy atom. The Morgan fingerprint density at radius 1 is 1.31 bits per heavy atom. The van der Waals surface area contributed by atoms with Gasteiger partial charge in [0.15, 0.2) is 0 Å². The van der Waals surface area contributed by atoms with Crippen LogP contribution in [-0.4, -0.2) is 22.1 Å². The number of hydrogen-bond acceptors (Lipinski definition) is 4. The third-order valence-electron chi connectivity index (χ3n) is 2.40. The number of rotatable bonds is 6. The van der Waals surface area contributed by atoms with Crippen LogP contribution in [0.2, 0.25) is 0 Å². The molecule has 16 heavy (non-hydrogen) atoms. The van der Waals surface area contributed by atoms with Gasteiger partial charge in [-0.1, -0.05) is 13.8 Å². The maximum Gasteiger partial charge on any atom is 0.234 e. The molecule has 0 saturated carbocycles. The Kier molecular flexibility index (Phi) is 4.52. The first-order chi connectivity index (χ1) is 7.57. The highest BCUT2D eigenvalue weighted by atomic mass is 16.5. The normalized spacial score (nSPS) is 11.2. The average molecular weight is 223 g/mol. The van der Waals surface area contributed by atoms with Crippen molar-refractivity contribution in [2.75, 3.05) is 11.9 Å². The van der Waals surface area contributed by atoms with Crippen LogP contribution < -0.4 is 10.1 Å². The van der Waals surface area contributed by atoms with E-state index in [0.717, 1.165) is 25.2 Å². The molecule has 4 heteroatoms. The molecule has 0 fully saturated rings. The maximum absolute atomic E-state index is 5.76. The lowest BCUT2D eigenvalue weighted by atomic mass is 10.1. The molecule has 1 heterocycles. The second-order valence-corrected chi connectivity index (χ2v) is 4.38. The van der Waals surface area contributed by atoms with Crippen LogP contribution in [0.3, 0.4) is 0 Å². The van der Waals surface area contributed by atoms with Gasteiger partial charge < -0.3 is 10.1 Å². The van der Waals surface area contributed by atoms with Crippen LogP contribution in [-0.2, 0) is 0 Å². The van der Waals surface area contributed by atoms with Gasteiger partial charge in [0.25, 0.3) is 0 Å². The van der Waals surface area contributed by atoms with Gasteiger partial charge in [0.05, 0.1) is 12.4 Å². The SMILES string of the molecule is CCCNc1cncc(OC(C)(C)CC)n1. The van der Waals surface area contributed by atoms with Gasteiger partial charge in [-0.3, -0.25) is 4.98 Å². The number of ether oxygens (including phenoxy) is 1. The summed E-state index contributed by atoms with van der Waals surface area (Å²) < 4.78 is 5.76. The van der Waals surface area contributed by atoms with E-state index in [0.29, 0.717) is 5.88 Å². The van der Waals surface area contributed by atoms with E-state index in [1.807, 2.05) is 13.8 Å². The molecule has 0 aliphatic carbocycles. The van der Waals surface area contributed by atoms with Gasteiger partial charge >= 0.3 is 0 Å². The highest BCUT2D eigenvalue weighted by Crippen LogP contribution is 2.18. The lowest BCUT2D eigenvalue weighted by molar-refractivity contribution is 0.0986. The van der Waals surface area contributed by atoms with Crippen molar-refractivity contribution in [2.24, 2.45) is 0 Å². The van der Waals surface area contributed by atoms with Crippen LogP contribution in [0.1, 0.15) is 40.5 Å². The predicted molar refractivity (Wildman–Crippen MR) is 65.8 cm³/mol. The molecule has 4 nitrogen and oxygen atoms in total. The summed E-state index contributed by atoms with van der Waals surface area (Å²) in [4.78, 5) is 8.45. The van der Waals surface area contributed by atoms with Crippen LogP contribution in [0.15, 0.2) is 12.4 Å². The summed E-state index contributed by atoms with van der Waals surface area (Å²) in [6, 6.07) is 0. The standard InChI is InChI=1S/C12H21N3O/c1-5-7-14-10-8-13-9-11(15-10)16-12(3,4)6-2/h8-9H,5-7H2,1-4H3,(H,14,15). The molecule has 90 valence electrons. The van der Waals surface area contributed by atoms with Crippen molar-refractivity contribution in [3.05, 3.63) is 12.4 Å². The molecular weight excluding hydrogens is 202 g/mol. The minimum atomic E-state index is -0.196. The van der Waals surface area contributed by atoms with E-state index in [1.165, 1.54) is 0 Å². The van der Waals surface area contributed by atoms with Gasteiger partial charge in [0, 0.05) is 6.54 Å². The second kappa shape index (κ2) is 5.68. The van der Waals surface area contributed by atoms with Crippen LogP contribution in [0, 0.1) is 0 Å². The van der Waals surface area contributed by atoms with Gasteiger partial charge in [-0.15, -0.1) is 0 Å². The highest BCUT2D eigenvalue weighted by Gasteiger charge is 2.17. The molecule has 1 aromatic heterocycles. The van der Waals surface area contributed by atoms with Crippen molar-refractivity contribution < 1.29 is 4.74 Å². The molecule has 0 aliphatic heterocycles. The fourth-order valence-electron chi connectivity index (χ4n) is 1.09. The monoisotopic (exact) mass is 223 g/mol. The summed E-state index contributed by atoms with van der Waals surface area (Å²) in [6.45, 7) is 9.19. The van der Waals surface area contributed by atoms with Gasteiger partial charge in [0.1, 0.15) is 11.4 Å². The Morgan fingerprint density at radius 3 is 2.69 bits per heavy atom. The third-order valence-corrected chi connectivity index (χ3v) is 2.40. The van der Waals surface area contributed by atoms with E-state index in [2.05, 4.69) is 29.1 Å². The molecule has 0 saturated heterocycles. The number of aromatic nitrogens is 2. The number of anilines is 1. The quantitative estimate of drug-likeness (QED) is 0.805. The van der Waals surface area contributed by atoms with Crippen molar-refractivity contribution in [3.63, 3.8) is 0 Å². The molecule has 0 unspecified atom stereocenters. The first-order valence-electron chi connectivity index (χ1n) is 5.82.